The van der Waals surface area contributed by atoms with E-state index >= 15 is 0 Å². The monoisotopic (exact) mass is 347 g/mol. The minimum atomic E-state index is -1.40. The fourth-order valence-corrected chi connectivity index (χ4v) is 2.13. The Labute approximate surface area is 141 Å². The number of thiol groups is 1. The molecule has 0 saturated carbocycles. The second-order valence-corrected chi connectivity index (χ2v) is 5.89. The van der Waals surface area contributed by atoms with Crippen LogP contribution in [0.4, 0.5) is 0 Å². The lowest BCUT2D eigenvalue weighted by atomic mass is 10.0. The molecule has 23 heavy (non-hydrogen) atoms. The normalized spacial score (nSPS) is 13.1. The van der Waals surface area contributed by atoms with Crippen molar-refractivity contribution in [1.82, 2.24) is 5.32 Å². The zero-order chi connectivity index (χ0) is 17.8. The van der Waals surface area contributed by atoms with Crippen LogP contribution in [0.2, 0.25) is 0 Å². The first-order valence-corrected chi connectivity index (χ1v) is 8.28. The first-order valence-electron chi connectivity index (χ1n) is 7.65. The third kappa shape index (κ3) is 10.7. The number of hydrogen-bond donors (Lipinski definition) is 4. The molecule has 0 bridgehead atoms. The number of rotatable bonds is 13. The van der Waals surface area contributed by atoms with Crippen LogP contribution in [0.3, 0.4) is 0 Å². The number of unbranched alkanes of at least 4 members (excludes halogenated alkanes) is 3. The highest BCUT2D eigenvalue weighted by molar-refractivity contribution is 7.80. The van der Waals surface area contributed by atoms with E-state index in [9.17, 15) is 19.2 Å². The van der Waals surface area contributed by atoms with Gasteiger partial charge >= 0.3 is 11.9 Å². The van der Waals surface area contributed by atoms with E-state index in [4.69, 9.17) is 10.2 Å². The third-order valence-corrected chi connectivity index (χ3v) is 3.96. The van der Waals surface area contributed by atoms with Crippen LogP contribution in [0.15, 0.2) is 0 Å². The SMILES string of the molecule is CC(CS)C(=O)CCCCCCC(=O)NC(CC(=O)O)C(=O)O. The Bertz CT molecular complexity index is 426. The summed E-state index contributed by atoms with van der Waals surface area (Å²) in [5.74, 6) is -2.42. The summed E-state index contributed by atoms with van der Waals surface area (Å²) in [6.45, 7) is 1.84. The van der Waals surface area contributed by atoms with Crippen LogP contribution in [-0.4, -0.2) is 45.6 Å². The largest absolute Gasteiger partial charge is 0.481 e. The predicted molar refractivity (Wildman–Crippen MR) is 87.5 cm³/mol. The van der Waals surface area contributed by atoms with Gasteiger partial charge in [-0.2, -0.15) is 12.6 Å². The standard InChI is InChI=1S/C15H25NO6S/c1-10(9-23)12(17)6-4-2-3-5-7-13(18)16-11(15(21)22)8-14(19)20/h10-11,23H,2-9H2,1H3,(H,16,18)(H,19,20)(H,21,22). The van der Waals surface area contributed by atoms with Crippen molar-refractivity contribution in [2.75, 3.05) is 5.75 Å². The molecule has 2 unspecified atom stereocenters. The number of ketones is 1. The summed E-state index contributed by atoms with van der Waals surface area (Å²) in [6, 6.07) is -1.40. The predicted octanol–water partition coefficient (Wildman–Crippen LogP) is 1.51. The smallest absolute Gasteiger partial charge is 0.326 e. The summed E-state index contributed by atoms with van der Waals surface area (Å²) < 4.78 is 0. The Kier molecular flexibility index (Phi) is 11.1. The van der Waals surface area contributed by atoms with Crippen molar-refractivity contribution < 1.29 is 29.4 Å². The number of carboxylic acid groups (broad SMARTS) is 2. The van der Waals surface area contributed by atoms with Crippen molar-refractivity contribution in [3.8, 4) is 0 Å². The number of nitrogens with one attached hydrogen (secondary N) is 1. The van der Waals surface area contributed by atoms with Gasteiger partial charge in [0.1, 0.15) is 11.8 Å². The van der Waals surface area contributed by atoms with Gasteiger partial charge in [-0.3, -0.25) is 14.4 Å². The van der Waals surface area contributed by atoms with Gasteiger partial charge in [0, 0.05) is 18.8 Å². The van der Waals surface area contributed by atoms with Crippen molar-refractivity contribution in [3.63, 3.8) is 0 Å². The van der Waals surface area contributed by atoms with E-state index in [-0.39, 0.29) is 18.1 Å². The molecule has 3 N–H and O–H groups in total. The number of Topliss-reactive ketones (excluding diaryl/α,β-unsaturated/α-hetero) is 1. The van der Waals surface area contributed by atoms with Gasteiger partial charge in [-0.05, 0) is 18.6 Å². The minimum absolute atomic E-state index is 0.0358. The molecule has 0 rings (SSSR count). The summed E-state index contributed by atoms with van der Waals surface area (Å²) >= 11 is 4.07. The number of aliphatic carboxylic acids is 2. The van der Waals surface area contributed by atoms with Crippen LogP contribution < -0.4 is 5.32 Å². The maximum atomic E-state index is 11.6. The maximum absolute atomic E-state index is 11.6. The molecule has 0 aromatic heterocycles. The molecule has 0 heterocycles. The van der Waals surface area contributed by atoms with E-state index in [0.29, 0.717) is 18.6 Å². The molecule has 132 valence electrons. The Balaban J connectivity index is 3.83. The van der Waals surface area contributed by atoms with E-state index < -0.39 is 30.3 Å². The van der Waals surface area contributed by atoms with Crippen molar-refractivity contribution >= 4 is 36.3 Å². The van der Waals surface area contributed by atoms with E-state index in [1.165, 1.54) is 0 Å². The molecule has 0 saturated heterocycles. The van der Waals surface area contributed by atoms with Crippen molar-refractivity contribution in [2.24, 2.45) is 5.92 Å². The van der Waals surface area contributed by atoms with Gasteiger partial charge in [0.25, 0.3) is 0 Å². The quantitative estimate of drug-likeness (QED) is 0.296. The van der Waals surface area contributed by atoms with Gasteiger partial charge in [-0.15, -0.1) is 0 Å². The number of hydrogen-bond acceptors (Lipinski definition) is 5. The third-order valence-electron chi connectivity index (χ3n) is 3.41. The van der Waals surface area contributed by atoms with Gasteiger partial charge in [0.05, 0.1) is 6.42 Å². The molecule has 0 aliphatic carbocycles. The molecule has 0 fully saturated rings. The van der Waals surface area contributed by atoms with Crippen LogP contribution in [0.1, 0.15) is 51.9 Å². The average Bonchev–Trinajstić information content (AvgIpc) is 2.48. The maximum Gasteiger partial charge on any atom is 0.326 e. The molecule has 2 atom stereocenters. The van der Waals surface area contributed by atoms with Gasteiger partial charge in [-0.25, -0.2) is 4.79 Å². The molecule has 8 heteroatoms. The molecule has 0 aromatic rings. The van der Waals surface area contributed by atoms with Crippen LogP contribution in [0, 0.1) is 5.92 Å². The molecule has 1 amide bonds. The van der Waals surface area contributed by atoms with E-state index in [2.05, 4.69) is 17.9 Å². The lowest BCUT2D eigenvalue weighted by Gasteiger charge is -2.12. The fourth-order valence-electron chi connectivity index (χ4n) is 1.93. The van der Waals surface area contributed by atoms with Crippen molar-refractivity contribution in [2.45, 2.75) is 57.9 Å². The van der Waals surface area contributed by atoms with Crippen LogP contribution in [0.5, 0.6) is 0 Å². The molecular weight excluding hydrogens is 322 g/mol. The molecule has 0 aromatic carbocycles. The second kappa shape index (κ2) is 11.9. The van der Waals surface area contributed by atoms with Crippen molar-refractivity contribution in [3.05, 3.63) is 0 Å². The highest BCUT2D eigenvalue weighted by atomic mass is 32.1. The summed E-state index contributed by atoms with van der Waals surface area (Å²) in [5, 5.41) is 19.6. The number of carboxylic acids is 2. The van der Waals surface area contributed by atoms with Crippen LogP contribution in [0.25, 0.3) is 0 Å². The second-order valence-electron chi connectivity index (χ2n) is 5.52. The fraction of sp³-hybridized carbons (Fsp3) is 0.733. The minimum Gasteiger partial charge on any atom is -0.481 e. The zero-order valence-electron chi connectivity index (χ0n) is 13.3. The topological polar surface area (TPSA) is 121 Å². The molecular formula is C15H25NO6S. The summed E-state index contributed by atoms with van der Waals surface area (Å²) in [5.41, 5.74) is 0. The Hall–Kier alpha value is -1.57. The average molecular weight is 347 g/mol. The Morgan fingerprint density at radius 2 is 1.57 bits per heavy atom. The van der Waals surface area contributed by atoms with Gasteiger partial charge < -0.3 is 15.5 Å². The highest BCUT2D eigenvalue weighted by Crippen LogP contribution is 2.10. The van der Waals surface area contributed by atoms with Crippen LogP contribution in [-0.2, 0) is 19.2 Å². The highest BCUT2D eigenvalue weighted by Gasteiger charge is 2.22. The summed E-state index contributed by atoms with van der Waals surface area (Å²) in [6.07, 6.45) is 2.91. The van der Waals surface area contributed by atoms with Gasteiger partial charge in [0.15, 0.2) is 0 Å². The number of amides is 1. The van der Waals surface area contributed by atoms with Crippen molar-refractivity contribution in [1.29, 1.82) is 0 Å². The zero-order valence-corrected chi connectivity index (χ0v) is 14.2. The van der Waals surface area contributed by atoms with E-state index in [0.717, 1.165) is 19.3 Å². The first kappa shape index (κ1) is 21.4. The van der Waals surface area contributed by atoms with Crippen LogP contribution >= 0.6 is 12.6 Å². The van der Waals surface area contributed by atoms with E-state index in [1.807, 2.05) is 6.92 Å². The summed E-state index contributed by atoms with van der Waals surface area (Å²) in [4.78, 5) is 44.5. The Morgan fingerprint density at radius 1 is 1.00 bits per heavy atom. The first-order chi connectivity index (χ1) is 10.8. The van der Waals surface area contributed by atoms with Gasteiger partial charge in [-0.1, -0.05) is 19.8 Å². The summed E-state index contributed by atoms with van der Waals surface area (Å²) in [7, 11) is 0. The molecule has 0 spiro atoms. The lowest BCUT2D eigenvalue weighted by Crippen LogP contribution is -2.42. The van der Waals surface area contributed by atoms with Gasteiger partial charge in [0.2, 0.25) is 5.91 Å². The molecule has 7 nitrogen and oxygen atoms in total. The molecule has 0 aliphatic rings. The number of carbonyl (C=O) groups excluding carboxylic acids is 2. The van der Waals surface area contributed by atoms with E-state index in [1.54, 1.807) is 0 Å². The lowest BCUT2D eigenvalue weighted by molar-refractivity contribution is -0.147. The molecule has 0 aliphatic heterocycles. The molecule has 0 radical (unpaired) electrons. The number of carbonyl (C=O) groups is 4. The Morgan fingerprint density at radius 3 is 2.04 bits per heavy atom.